The van der Waals surface area contributed by atoms with Crippen molar-refractivity contribution in [3.8, 4) is 0 Å². The Morgan fingerprint density at radius 2 is 0.976 bits per heavy atom. The first-order chi connectivity index (χ1) is 19.7. The molecule has 0 N–H and O–H groups in total. The molecular weight excluding hydrogens is 778 g/mol. The van der Waals surface area contributed by atoms with Crippen LogP contribution in [0.15, 0.2) is 133 Å². The average molecular weight is 815 g/mol. The molecule has 0 spiro atoms. The molecule has 0 bridgehead atoms. The van der Waals surface area contributed by atoms with Gasteiger partial charge in [0.1, 0.15) is 0 Å². The fourth-order valence-electron chi connectivity index (χ4n) is 4.50. The molecular formula is C38H36Cl2GeHf-2. The van der Waals surface area contributed by atoms with Crippen LogP contribution in [-0.2, 0) is 34.1 Å². The van der Waals surface area contributed by atoms with Gasteiger partial charge in [0.2, 0.25) is 0 Å². The van der Waals surface area contributed by atoms with Crippen molar-refractivity contribution in [1.29, 1.82) is 0 Å². The van der Waals surface area contributed by atoms with Crippen LogP contribution in [0.25, 0.3) is 11.1 Å². The first-order valence-electron chi connectivity index (χ1n) is 14.1. The molecule has 4 aromatic carbocycles. The number of allylic oxidation sites excluding steroid dienone is 8. The molecule has 0 heterocycles. The van der Waals surface area contributed by atoms with Crippen LogP contribution >= 0.6 is 0 Å². The van der Waals surface area contributed by atoms with E-state index in [0.29, 0.717) is 0 Å². The van der Waals surface area contributed by atoms with Crippen LogP contribution in [-0.4, -0.2) is 10.1 Å². The van der Waals surface area contributed by atoms with E-state index in [2.05, 4.69) is 159 Å². The van der Waals surface area contributed by atoms with Gasteiger partial charge in [-0.3, -0.25) is 0 Å². The molecule has 0 saturated heterocycles. The van der Waals surface area contributed by atoms with Crippen LogP contribution in [0.3, 0.4) is 0 Å². The first-order valence-corrected chi connectivity index (χ1v) is 26.6. The van der Waals surface area contributed by atoms with E-state index in [0.717, 1.165) is 25.7 Å². The second kappa shape index (κ2) is 19.9. The van der Waals surface area contributed by atoms with Gasteiger partial charge in [-0.2, -0.15) is 35.5 Å². The summed E-state index contributed by atoms with van der Waals surface area (Å²) < 4.78 is 3.20. The number of hydrogen-bond donors (Lipinski definition) is 0. The SMILES string of the molecule is CCc1cccc(C2=[C-]CC=C2)c1.CCc1cccc(C2=[C-]CC=C2)c1.[Cl-].[Cl-].[Hf+2]=[Ge]([c]1ccccc1)[c]1ccccc1. The third kappa shape index (κ3) is 11.2. The summed E-state index contributed by atoms with van der Waals surface area (Å²) in [6, 6.07) is 39.3. The van der Waals surface area contributed by atoms with E-state index in [9.17, 15) is 0 Å². The van der Waals surface area contributed by atoms with Crippen molar-refractivity contribution >= 4 is 30.0 Å². The molecule has 6 rings (SSSR count). The number of halogens is 2. The van der Waals surface area contributed by atoms with Gasteiger partial charge in [-0.1, -0.05) is 62.1 Å². The molecule has 4 heteroatoms. The summed E-state index contributed by atoms with van der Waals surface area (Å²) in [6.07, 6.45) is 19.4. The summed E-state index contributed by atoms with van der Waals surface area (Å²) in [7, 11) is -1.06. The fourth-order valence-corrected chi connectivity index (χ4v) is 13.6. The minimum atomic E-state index is -1.06. The van der Waals surface area contributed by atoms with Crippen molar-refractivity contribution < 1.29 is 46.1 Å². The van der Waals surface area contributed by atoms with Crippen molar-refractivity contribution in [2.24, 2.45) is 0 Å². The number of hydrogen-bond acceptors (Lipinski definition) is 0. The Balaban J connectivity index is 0.000000215. The second-order valence-corrected chi connectivity index (χ2v) is 22.9. The molecule has 0 nitrogen and oxygen atoms in total. The number of benzene rings is 4. The Morgan fingerprint density at radius 3 is 1.31 bits per heavy atom. The topological polar surface area (TPSA) is 0 Å². The average Bonchev–Trinajstić information content (AvgIpc) is 3.78. The van der Waals surface area contributed by atoms with Crippen LogP contribution in [0, 0.1) is 12.2 Å². The molecule has 0 atom stereocenters. The normalized spacial score (nSPS) is 12.4. The number of aryl methyl sites for hydroxylation is 2. The molecule has 0 saturated carbocycles. The molecule has 42 heavy (non-hydrogen) atoms. The third-order valence-corrected chi connectivity index (χ3v) is 21.4. The van der Waals surface area contributed by atoms with Crippen molar-refractivity contribution in [3.05, 3.63) is 168 Å². The molecule has 0 radical (unpaired) electrons. The van der Waals surface area contributed by atoms with Crippen molar-refractivity contribution in [3.63, 3.8) is 0 Å². The molecule has 2 aliphatic rings. The third-order valence-electron chi connectivity index (χ3n) is 6.81. The molecule has 2 aliphatic carbocycles. The molecule has 0 aromatic heterocycles. The van der Waals surface area contributed by atoms with E-state index in [1.807, 2.05) is 0 Å². The van der Waals surface area contributed by atoms with E-state index >= 15 is 0 Å². The molecule has 212 valence electrons. The summed E-state index contributed by atoms with van der Waals surface area (Å²) in [5.41, 5.74) is 7.88. The molecule has 0 aliphatic heterocycles. The zero-order valence-electron chi connectivity index (χ0n) is 24.3. The molecule has 0 unspecified atom stereocenters. The van der Waals surface area contributed by atoms with Gasteiger partial charge in [-0.25, -0.2) is 0 Å². The van der Waals surface area contributed by atoms with Gasteiger partial charge >= 0.3 is 101 Å². The summed E-state index contributed by atoms with van der Waals surface area (Å²) in [5.74, 6) is 0. The van der Waals surface area contributed by atoms with Gasteiger partial charge in [0.25, 0.3) is 0 Å². The standard InChI is InChI=1S/2C13H13.C12H10Ge.2ClH.Hf/c2*1-2-11-6-5-9-13(10-11)12-7-3-4-8-12;1-3-7-11(8-4-1)13-12-9-5-2-6-10-12;;;/h2*3,5-7,9-10H,2,4H2,1H3;1-10H;2*1H;/q2*-1;;;;+2/p-2. The van der Waals surface area contributed by atoms with Gasteiger partial charge in [0, 0.05) is 0 Å². The van der Waals surface area contributed by atoms with Gasteiger partial charge < -0.3 is 24.8 Å². The quantitative estimate of drug-likeness (QED) is 0.207. The van der Waals surface area contributed by atoms with E-state index in [1.54, 1.807) is 8.79 Å². The Hall–Kier alpha value is -2.17. The van der Waals surface area contributed by atoms with Crippen LogP contribution in [0.5, 0.6) is 0 Å². The van der Waals surface area contributed by atoms with Crippen molar-refractivity contribution in [1.82, 2.24) is 0 Å². The van der Waals surface area contributed by atoms with E-state index < -0.39 is 10.1 Å². The molecule has 4 aromatic rings. The van der Waals surface area contributed by atoms with E-state index in [1.165, 1.54) is 54.7 Å². The Morgan fingerprint density at radius 1 is 0.571 bits per heavy atom. The van der Waals surface area contributed by atoms with Crippen molar-refractivity contribution in [2.75, 3.05) is 0 Å². The zero-order chi connectivity index (χ0) is 28.0. The Kier molecular flexibility index (Phi) is 17.1. The Bertz CT molecular complexity index is 1400. The molecule has 0 fully saturated rings. The van der Waals surface area contributed by atoms with E-state index in [4.69, 9.17) is 0 Å². The van der Waals surface area contributed by atoms with Crippen LogP contribution in [0.4, 0.5) is 0 Å². The Labute approximate surface area is 281 Å². The van der Waals surface area contributed by atoms with Gasteiger partial charge in [0.15, 0.2) is 0 Å². The predicted octanol–water partition coefficient (Wildman–Crippen LogP) is 2.14. The van der Waals surface area contributed by atoms with Crippen LogP contribution < -0.4 is 33.6 Å². The van der Waals surface area contributed by atoms with E-state index in [-0.39, 0.29) is 24.8 Å². The van der Waals surface area contributed by atoms with Gasteiger partial charge in [-0.15, -0.1) is 47.5 Å². The maximum absolute atomic E-state index is 3.33. The first kappa shape index (κ1) is 36.0. The summed E-state index contributed by atoms with van der Waals surface area (Å²) in [5, 5.41) is 0. The van der Waals surface area contributed by atoms with Gasteiger partial charge in [-0.05, 0) is 12.8 Å². The van der Waals surface area contributed by atoms with Crippen LogP contribution in [0.2, 0.25) is 0 Å². The summed E-state index contributed by atoms with van der Waals surface area (Å²) >= 11 is 1.33. The molecule has 0 amide bonds. The summed E-state index contributed by atoms with van der Waals surface area (Å²) in [6.45, 7) is 4.36. The zero-order valence-corrected chi connectivity index (χ0v) is 31.5. The predicted molar refractivity (Wildman–Crippen MR) is 170 cm³/mol. The van der Waals surface area contributed by atoms with Gasteiger partial charge in [0.05, 0.1) is 0 Å². The van der Waals surface area contributed by atoms with Crippen LogP contribution in [0.1, 0.15) is 48.9 Å². The summed E-state index contributed by atoms with van der Waals surface area (Å²) in [4.78, 5) is 0. The maximum atomic E-state index is 3.33. The second-order valence-electron chi connectivity index (χ2n) is 9.61. The monoisotopic (exact) mass is 816 g/mol. The number of rotatable bonds is 6. The van der Waals surface area contributed by atoms with Crippen molar-refractivity contribution in [2.45, 2.75) is 39.5 Å². The minimum absolute atomic E-state index is 0. The fraction of sp³-hybridized carbons (Fsp3) is 0.158.